The molecule has 0 aliphatic carbocycles. The van der Waals surface area contributed by atoms with Gasteiger partial charge < -0.3 is 9.80 Å². The Hall–Kier alpha value is -2.33. The van der Waals surface area contributed by atoms with Crippen LogP contribution < -0.4 is 0 Å². The van der Waals surface area contributed by atoms with Gasteiger partial charge in [-0.3, -0.25) is 9.59 Å². The summed E-state index contributed by atoms with van der Waals surface area (Å²) in [5, 5.41) is 0.615. The van der Waals surface area contributed by atoms with Crippen molar-refractivity contribution < 1.29 is 9.59 Å². The lowest BCUT2D eigenvalue weighted by Gasteiger charge is -2.35. The first-order chi connectivity index (χ1) is 13.6. The fourth-order valence-corrected chi connectivity index (χ4v) is 4.55. The Morgan fingerprint density at radius 2 is 1.61 bits per heavy atom. The third kappa shape index (κ3) is 3.93. The molecule has 2 heterocycles. The molecule has 5 heteroatoms. The van der Waals surface area contributed by atoms with Crippen molar-refractivity contribution in [1.82, 2.24) is 9.80 Å². The van der Waals surface area contributed by atoms with E-state index in [-0.39, 0.29) is 23.8 Å². The van der Waals surface area contributed by atoms with E-state index < -0.39 is 0 Å². The Kier molecular flexibility index (Phi) is 5.67. The van der Waals surface area contributed by atoms with Crippen LogP contribution in [0.2, 0.25) is 5.02 Å². The maximum atomic E-state index is 13.3. The standard InChI is InChI=1S/C23H25ClN2O2/c24-20-12-10-18(11-13-20)22(27)25-14-4-8-19(16-25)23(28)26-15-5-9-21(26)17-6-2-1-3-7-17/h1-3,6-7,10-13,19,21H,4-5,8-9,14-16H2/t19-,21-/m1/s1. The quantitative estimate of drug-likeness (QED) is 0.763. The smallest absolute Gasteiger partial charge is 0.253 e. The second kappa shape index (κ2) is 8.36. The highest BCUT2D eigenvalue weighted by Gasteiger charge is 2.36. The highest BCUT2D eigenvalue weighted by Crippen LogP contribution is 2.34. The Morgan fingerprint density at radius 3 is 2.36 bits per heavy atom. The number of nitrogens with zero attached hydrogens (tertiary/aromatic N) is 2. The fourth-order valence-electron chi connectivity index (χ4n) is 4.42. The number of amides is 2. The van der Waals surface area contributed by atoms with Gasteiger partial charge in [0.1, 0.15) is 0 Å². The molecular weight excluding hydrogens is 372 g/mol. The normalized spacial score (nSPS) is 22.3. The number of carbonyl (C=O) groups excluding carboxylic acids is 2. The van der Waals surface area contributed by atoms with Crippen LogP contribution in [0, 0.1) is 5.92 Å². The van der Waals surface area contributed by atoms with Gasteiger partial charge in [0, 0.05) is 30.2 Å². The average molecular weight is 397 g/mol. The van der Waals surface area contributed by atoms with Gasteiger partial charge in [-0.2, -0.15) is 0 Å². The molecule has 0 saturated carbocycles. The van der Waals surface area contributed by atoms with Gasteiger partial charge in [-0.15, -0.1) is 0 Å². The van der Waals surface area contributed by atoms with E-state index in [1.807, 2.05) is 28.0 Å². The lowest BCUT2D eigenvalue weighted by Crippen LogP contribution is -2.46. The molecule has 0 unspecified atom stereocenters. The van der Waals surface area contributed by atoms with E-state index >= 15 is 0 Å². The number of carbonyl (C=O) groups is 2. The second-order valence-electron chi connectivity index (χ2n) is 7.70. The molecule has 2 atom stereocenters. The topological polar surface area (TPSA) is 40.6 Å². The summed E-state index contributed by atoms with van der Waals surface area (Å²) in [6.07, 6.45) is 3.75. The van der Waals surface area contributed by atoms with Crippen LogP contribution in [-0.2, 0) is 4.79 Å². The minimum atomic E-state index is -0.116. The molecule has 2 saturated heterocycles. The van der Waals surface area contributed by atoms with E-state index in [1.54, 1.807) is 24.3 Å². The average Bonchev–Trinajstić information content (AvgIpc) is 3.24. The first-order valence-corrected chi connectivity index (χ1v) is 10.4. The largest absolute Gasteiger partial charge is 0.338 e. The van der Waals surface area contributed by atoms with Crippen molar-refractivity contribution in [3.05, 3.63) is 70.7 Å². The molecule has 28 heavy (non-hydrogen) atoms. The van der Waals surface area contributed by atoms with Crippen molar-refractivity contribution in [1.29, 1.82) is 0 Å². The predicted molar refractivity (Wildman–Crippen MR) is 110 cm³/mol. The number of benzene rings is 2. The molecule has 2 fully saturated rings. The maximum absolute atomic E-state index is 13.3. The Labute approximate surface area is 171 Å². The minimum Gasteiger partial charge on any atom is -0.338 e. The highest BCUT2D eigenvalue weighted by molar-refractivity contribution is 6.30. The summed E-state index contributed by atoms with van der Waals surface area (Å²) in [4.78, 5) is 30.0. The Balaban J connectivity index is 1.46. The van der Waals surface area contributed by atoms with Gasteiger partial charge in [-0.1, -0.05) is 41.9 Å². The summed E-state index contributed by atoms with van der Waals surface area (Å²) in [7, 11) is 0. The summed E-state index contributed by atoms with van der Waals surface area (Å²) in [5.74, 6) is 0.0597. The number of piperidine rings is 1. The molecule has 2 amide bonds. The van der Waals surface area contributed by atoms with E-state index in [2.05, 4.69) is 12.1 Å². The first kappa shape index (κ1) is 19.0. The van der Waals surface area contributed by atoms with Crippen LogP contribution >= 0.6 is 11.6 Å². The number of hydrogen-bond acceptors (Lipinski definition) is 2. The van der Waals surface area contributed by atoms with Crippen molar-refractivity contribution >= 4 is 23.4 Å². The monoisotopic (exact) mass is 396 g/mol. The number of halogens is 1. The summed E-state index contributed by atoms with van der Waals surface area (Å²) < 4.78 is 0. The van der Waals surface area contributed by atoms with E-state index in [9.17, 15) is 9.59 Å². The first-order valence-electron chi connectivity index (χ1n) is 10.0. The number of likely N-dealkylation sites (tertiary alicyclic amines) is 2. The highest BCUT2D eigenvalue weighted by atomic mass is 35.5. The van der Waals surface area contributed by atoms with Crippen LogP contribution in [0.3, 0.4) is 0 Å². The zero-order valence-electron chi connectivity index (χ0n) is 15.9. The van der Waals surface area contributed by atoms with Crippen molar-refractivity contribution in [2.24, 2.45) is 5.92 Å². The lowest BCUT2D eigenvalue weighted by molar-refractivity contribution is -0.137. The molecule has 0 aromatic heterocycles. The van der Waals surface area contributed by atoms with Crippen LogP contribution in [0.5, 0.6) is 0 Å². The molecule has 2 aromatic carbocycles. The molecule has 0 spiro atoms. The van der Waals surface area contributed by atoms with Crippen LogP contribution in [0.4, 0.5) is 0 Å². The van der Waals surface area contributed by atoms with Crippen molar-refractivity contribution in [3.8, 4) is 0 Å². The molecule has 2 aliphatic rings. The van der Waals surface area contributed by atoms with Crippen LogP contribution in [-0.4, -0.2) is 41.2 Å². The third-order valence-corrected chi connectivity index (χ3v) is 6.12. The predicted octanol–water partition coefficient (Wildman–Crippen LogP) is 4.56. The lowest BCUT2D eigenvalue weighted by atomic mass is 9.94. The molecule has 146 valence electrons. The van der Waals surface area contributed by atoms with E-state index in [0.29, 0.717) is 23.7 Å². The van der Waals surface area contributed by atoms with Crippen molar-refractivity contribution in [2.45, 2.75) is 31.7 Å². The number of rotatable bonds is 3. The molecule has 4 nitrogen and oxygen atoms in total. The molecule has 0 radical (unpaired) electrons. The van der Waals surface area contributed by atoms with Crippen LogP contribution in [0.25, 0.3) is 0 Å². The zero-order chi connectivity index (χ0) is 19.5. The van der Waals surface area contributed by atoms with Gasteiger partial charge in [0.15, 0.2) is 0 Å². The van der Waals surface area contributed by atoms with E-state index in [0.717, 1.165) is 32.2 Å². The number of hydrogen-bond donors (Lipinski definition) is 0. The van der Waals surface area contributed by atoms with E-state index in [1.165, 1.54) is 5.56 Å². The van der Waals surface area contributed by atoms with E-state index in [4.69, 9.17) is 11.6 Å². The van der Waals surface area contributed by atoms with Gasteiger partial charge in [0.25, 0.3) is 5.91 Å². The molecule has 2 aliphatic heterocycles. The minimum absolute atomic E-state index is 0.0183. The Bertz CT molecular complexity index is 837. The maximum Gasteiger partial charge on any atom is 0.253 e. The van der Waals surface area contributed by atoms with Gasteiger partial charge >= 0.3 is 0 Å². The SMILES string of the molecule is O=C(c1ccc(Cl)cc1)N1CCC[C@@H](C(=O)N2CCC[C@@H]2c2ccccc2)C1. The van der Waals surface area contributed by atoms with Crippen LogP contribution in [0.15, 0.2) is 54.6 Å². The summed E-state index contributed by atoms with van der Waals surface area (Å²) in [5.41, 5.74) is 1.83. The van der Waals surface area contributed by atoms with Crippen molar-refractivity contribution in [3.63, 3.8) is 0 Å². The summed E-state index contributed by atoms with van der Waals surface area (Å²) >= 11 is 5.93. The zero-order valence-corrected chi connectivity index (χ0v) is 16.6. The van der Waals surface area contributed by atoms with Gasteiger partial charge in [-0.05, 0) is 55.5 Å². The fraction of sp³-hybridized carbons (Fsp3) is 0.391. The van der Waals surface area contributed by atoms with Crippen LogP contribution in [0.1, 0.15) is 47.6 Å². The van der Waals surface area contributed by atoms with Crippen molar-refractivity contribution in [2.75, 3.05) is 19.6 Å². The van der Waals surface area contributed by atoms with Gasteiger partial charge in [0.05, 0.1) is 12.0 Å². The summed E-state index contributed by atoms with van der Waals surface area (Å²) in [6.45, 7) is 2.01. The molecule has 4 rings (SSSR count). The molecule has 0 N–H and O–H groups in total. The molecule has 2 aromatic rings. The second-order valence-corrected chi connectivity index (χ2v) is 8.13. The summed E-state index contributed by atoms with van der Waals surface area (Å²) in [6, 6.07) is 17.4. The Morgan fingerprint density at radius 1 is 0.893 bits per heavy atom. The third-order valence-electron chi connectivity index (χ3n) is 5.87. The molecule has 0 bridgehead atoms. The van der Waals surface area contributed by atoms with Gasteiger partial charge in [0.2, 0.25) is 5.91 Å². The van der Waals surface area contributed by atoms with Gasteiger partial charge in [-0.25, -0.2) is 0 Å². The molecular formula is C23H25ClN2O2.